The molecule has 0 spiro atoms. The van der Waals surface area contributed by atoms with Crippen molar-refractivity contribution >= 4 is 5.97 Å². The monoisotopic (exact) mass is 350 g/mol. The molecule has 1 heterocycles. The molecule has 0 amide bonds. The first-order valence-corrected chi connectivity index (χ1v) is 7.85. The van der Waals surface area contributed by atoms with Crippen molar-refractivity contribution < 1.29 is 39.8 Å². The Labute approximate surface area is 139 Å². The van der Waals surface area contributed by atoms with Crippen molar-refractivity contribution in [1.29, 1.82) is 0 Å². The molecule has 0 aromatic rings. The van der Waals surface area contributed by atoms with E-state index in [1.54, 1.807) is 14.1 Å². The number of aliphatic carboxylic acids is 1. The first-order valence-electron chi connectivity index (χ1n) is 7.85. The lowest BCUT2D eigenvalue weighted by molar-refractivity contribution is -0.251. The summed E-state index contributed by atoms with van der Waals surface area (Å²) in [5, 5.41) is 55.7. The van der Waals surface area contributed by atoms with Crippen molar-refractivity contribution in [1.82, 2.24) is 10.6 Å². The molecule has 1 aliphatic carbocycles. The third kappa shape index (κ3) is 3.28. The van der Waals surface area contributed by atoms with Crippen LogP contribution in [0.4, 0.5) is 0 Å². The summed E-state index contributed by atoms with van der Waals surface area (Å²) >= 11 is 0. The zero-order chi connectivity index (χ0) is 18.2. The molecule has 0 radical (unpaired) electrons. The lowest BCUT2D eigenvalue weighted by Gasteiger charge is -2.46. The van der Waals surface area contributed by atoms with Crippen LogP contribution in [0, 0.1) is 5.92 Å². The van der Waals surface area contributed by atoms with Crippen molar-refractivity contribution in [2.45, 2.75) is 61.9 Å². The van der Waals surface area contributed by atoms with Gasteiger partial charge in [0.15, 0.2) is 6.29 Å². The summed E-state index contributed by atoms with van der Waals surface area (Å²) in [6.45, 7) is 1.50. The number of carboxylic acids is 1. The summed E-state index contributed by atoms with van der Waals surface area (Å²) in [6, 6.07) is -1.58. The van der Waals surface area contributed by atoms with Crippen LogP contribution < -0.4 is 10.6 Å². The Bertz CT molecular complexity index is 434. The average Bonchev–Trinajstić information content (AvgIpc) is 2.78. The Kier molecular flexibility index (Phi) is 6.15. The molecule has 2 rings (SSSR count). The van der Waals surface area contributed by atoms with Gasteiger partial charge in [-0.3, -0.25) is 4.79 Å². The van der Waals surface area contributed by atoms with Crippen molar-refractivity contribution in [3.63, 3.8) is 0 Å². The molecule has 10 heteroatoms. The van der Waals surface area contributed by atoms with Gasteiger partial charge in [0, 0.05) is 0 Å². The molecule has 0 aromatic heterocycles. The van der Waals surface area contributed by atoms with E-state index in [4.69, 9.17) is 14.6 Å². The van der Waals surface area contributed by atoms with Gasteiger partial charge in [-0.15, -0.1) is 0 Å². The second-order valence-corrected chi connectivity index (χ2v) is 6.27. The Morgan fingerprint density at radius 1 is 0.958 bits per heavy atom. The van der Waals surface area contributed by atoms with Gasteiger partial charge < -0.3 is 45.6 Å². The molecule has 1 saturated heterocycles. The Morgan fingerprint density at radius 3 is 1.83 bits per heavy atom. The van der Waals surface area contributed by atoms with Gasteiger partial charge in [0.25, 0.3) is 0 Å². The minimum atomic E-state index is -1.44. The van der Waals surface area contributed by atoms with E-state index in [9.17, 15) is 25.2 Å². The van der Waals surface area contributed by atoms with Crippen molar-refractivity contribution in [3.8, 4) is 0 Å². The molecule has 2 unspecified atom stereocenters. The van der Waals surface area contributed by atoms with Gasteiger partial charge in [-0.1, -0.05) is 0 Å². The minimum Gasteiger partial charge on any atom is -0.481 e. The van der Waals surface area contributed by atoms with Gasteiger partial charge in [0.1, 0.15) is 30.3 Å². The smallest absolute Gasteiger partial charge is 0.311 e. The zero-order valence-corrected chi connectivity index (χ0v) is 13.7. The number of aliphatic hydroxyl groups excluding tert-OH is 4. The molecule has 1 saturated carbocycles. The number of carbonyl (C=O) groups is 1. The molecule has 1 aliphatic heterocycles. The fraction of sp³-hybridized carbons (Fsp3) is 0.929. The van der Waals surface area contributed by atoms with Crippen LogP contribution in [0.5, 0.6) is 0 Å². The molecule has 7 N–H and O–H groups in total. The lowest BCUT2D eigenvalue weighted by atomic mass is 9.81. The van der Waals surface area contributed by atoms with Crippen LogP contribution in [-0.2, 0) is 14.3 Å². The van der Waals surface area contributed by atoms with Gasteiger partial charge in [-0.05, 0) is 21.0 Å². The molecule has 24 heavy (non-hydrogen) atoms. The Hall–Kier alpha value is -0.850. The molecule has 2 fully saturated rings. The van der Waals surface area contributed by atoms with E-state index in [0.717, 1.165) is 0 Å². The largest absolute Gasteiger partial charge is 0.481 e. The number of aliphatic hydroxyl groups is 4. The van der Waals surface area contributed by atoms with Crippen LogP contribution in [0.25, 0.3) is 0 Å². The van der Waals surface area contributed by atoms with E-state index < -0.39 is 66.9 Å². The van der Waals surface area contributed by atoms with Crippen molar-refractivity contribution in [3.05, 3.63) is 0 Å². The summed E-state index contributed by atoms with van der Waals surface area (Å²) in [6.07, 6.45) is -8.39. The quantitative estimate of drug-likeness (QED) is 0.264. The summed E-state index contributed by atoms with van der Waals surface area (Å²) in [4.78, 5) is 11.2. The van der Waals surface area contributed by atoms with E-state index in [2.05, 4.69) is 10.6 Å². The number of carboxylic acid groups (broad SMARTS) is 1. The summed E-state index contributed by atoms with van der Waals surface area (Å²) in [5.41, 5.74) is 0. The maximum absolute atomic E-state index is 11.2. The number of ether oxygens (including phenoxy) is 2. The van der Waals surface area contributed by atoms with Crippen LogP contribution in [0.3, 0.4) is 0 Å². The van der Waals surface area contributed by atoms with Crippen molar-refractivity contribution in [2.24, 2.45) is 5.92 Å². The fourth-order valence-corrected chi connectivity index (χ4v) is 3.52. The van der Waals surface area contributed by atoms with Gasteiger partial charge in [-0.25, -0.2) is 0 Å². The van der Waals surface area contributed by atoms with E-state index in [0.29, 0.717) is 0 Å². The predicted molar refractivity (Wildman–Crippen MR) is 80.1 cm³/mol. The summed E-state index contributed by atoms with van der Waals surface area (Å²) in [5.74, 6) is -2.39. The maximum atomic E-state index is 11.2. The molecule has 0 aromatic carbocycles. The highest BCUT2D eigenvalue weighted by Gasteiger charge is 2.53. The van der Waals surface area contributed by atoms with Crippen LogP contribution >= 0.6 is 0 Å². The first kappa shape index (κ1) is 19.5. The molecule has 0 bridgehead atoms. The second kappa shape index (κ2) is 7.58. The first-order chi connectivity index (χ1) is 11.2. The number of hydrogen-bond acceptors (Lipinski definition) is 9. The average molecular weight is 350 g/mol. The highest BCUT2D eigenvalue weighted by atomic mass is 16.7. The summed E-state index contributed by atoms with van der Waals surface area (Å²) < 4.78 is 10.9. The van der Waals surface area contributed by atoms with Gasteiger partial charge >= 0.3 is 5.97 Å². The third-order valence-corrected chi connectivity index (χ3v) is 4.89. The molecular weight excluding hydrogens is 324 g/mol. The van der Waals surface area contributed by atoms with Crippen LogP contribution in [0.15, 0.2) is 0 Å². The molecule has 140 valence electrons. The highest BCUT2D eigenvalue weighted by Crippen LogP contribution is 2.32. The van der Waals surface area contributed by atoms with E-state index in [1.807, 2.05) is 0 Å². The molecule has 10 nitrogen and oxygen atoms in total. The molecular formula is C14H26N2O8. The summed E-state index contributed by atoms with van der Waals surface area (Å²) in [7, 11) is 3.09. The van der Waals surface area contributed by atoms with E-state index in [-0.39, 0.29) is 0 Å². The maximum Gasteiger partial charge on any atom is 0.311 e. The third-order valence-electron chi connectivity index (χ3n) is 4.89. The van der Waals surface area contributed by atoms with Crippen LogP contribution in [-0.4, -0.2) is 101 Å². The lowest BCUT2D eigenvalue weighted by Crippen LogP contribution is -2.71. The van der Waals surface area contributed by atoms with Crippen molar-refractivity contribution in [2.75, 3.05) is 14.1 Å². The Morgan fingerprint density at radius 2 is 1.46 bits per heavy atom. The molecule has 2 aliphatic rings. The van der Waals surface area contributed by atoms with Gasteiger partial charge in [-0.2, -0.15) is 0 Å². The number of hydrogen-bond donors (Lipinski definition) is 7. The SMILES string of the molecule is CN[C@@H]1C(O)[C@@H](NC)[C@@H](O)C(O[C@H]2O[C@@H](C)[C@H](C(=O)O)[C@@H]2O)[C@H]1O. The number of likely N-dealkylation sites (N-methyl/N-ethyl adjacent to an activating group) is 2. The van der Waals surface area contributed by atoms with Gasteiger partial charge in [0.2, 0.25) is 0 Å². The zero-order valence-electron chi connectivity index (χ0n) is 13.7. The topological polar surface area (TPSA) is 161 Å². The Balaban J connectivity index is 2.16. The van der Waals surface area contributed by atoms with Crippen LogP contribution in [0.1, 0.15) is 6.92 Å². The standard InChI is InChI=1S/C14H26N2O8/c1-4-5(13(21)22)8(17)14(23-4)24-12-10(19)6(15-2)9(18)7(16-3)11(12)20/h4-12,14-20H,1-3H3,(H,21,22)/t4-,5-,6+,7+,8-,9?,10-,11+,12?,14+/m0/s1. The minimum absolute atomic E-state index is 0.786. The van der Waals surface area contributed by atoms with E-state index >= 15 is 0 Å². The highest BCUT2D eigenvalue weighted by molar-refractivity contribution is 5.71. The second-order valence-electron chi connectivity index (χ2n) is 6.27. The van der Waals surface area contributed by atoms with Gasteiger partial charge in [0.05, 0.1) is 24.3 Å². The normalized spacial score (nSPS) is 49.3. The molecule has 10 atom stereocenters. The van der Waals surface area contributed by atoms with E-state index in [1.165, 1.54) is 6.92 Å². The van der Waals surface area contributed by atoms with Crippen LogP contribution in [0.2, 0.25) is 0 Å². The predicted octanol–water partition coefficient (Wildman–Crippen LogP) is -3.55. The fourth-order valence-electron chi connectivity index (χ4n) is 3.52. The number of rotatable bonds is 5. The number of nitrogens with one attached hydrogen (secondary N) is 2.